The molecule has 0 aliphatic rings. The first kappa shape index (κ1) is 11.7. The van der Waals surface area contributed by atoms with Crippen LogP contribution in [0.5, 0.6) is 5.75 Å². The van der Waals surface area contributed by atoms with E-state index in [0.717, 1.165) is 5.56 Å². The molecule has 0 radical (unpaired) electrons. The smallest absolute Gasteiger partial charge is 0.121 e. The van der Waals surface area contributed by atoms with Crippen LogP contribution in [0.25, 0.3) is 0 Å². The molecule has 0 aliphatic heterocycles. The highest BCUT2D eigenvalue weighted by molar-refractivity contribution is 5.37. The fourth-order valence-corrected chi connectivity index (χ4v) is 1.55. The molecular formula is C15H10N2O. The van der Waals surface area contributed by atoms with Crippen molar-refractivity contribution in [3.05, 3.63) is 65.2 Å². The highest BCUT2D eigenvalue weighted by Gasteiger charge is 1.99. The van der Waals surface area contributed by atoms with Crippen molar-refractivity contribution in [1.82, 2.24) is 0 Å². The highest BCUT2D eigenvalue weighted by atomic mass is 16.5. The fraction of sp³-hybridized carbons (Fsp3) is 0.0667. The summed E-state index contributed by atoms with van der Waals surface area (Å²) in [5.41, 5.74) is 2.11. The topological polar surface area (TPSA) is 56.8 Å². The van der Waals surface area contributed by atoms with Crippen molar-refractivity contribution in [2.45, 2.75) is 6.61 Å². The van der Waals surface area contributed by atoms with Gasteiger partial charge in [0.25, 0.3) is 0 Å². The second-order valence-corrected chi connectivity index (χ2v) is 3.74. The van der Waals surface area contributed by atoms with Crippen molar-refractivity contribution >= 4 is 0 Å². The maximum atomic E-state index is 8.79. The number of rotatable bonds is 3. The summed E-state index contributed by atoms with van der Waals surface area (Å²) in [6.07, 6.45) is 0. The lowest BCUT2D eigenvalue weighted by Crippen LogP contribution is -1.96. The lowest BCUT2D eigenvalue weighted by atomic mass is 10.1. The van der Waals surface area contributed by atoms with Gasteiger partial charge in [-0.25, -0.2) is 0 Å². The van der Waals surface area contributed by atoms with Gasteiger partial charge in [-0.2, -0.15) is 10.5 Å². The lowest BCUT2D eigenvalue weighted by Gasteiger charge is -2.06. The van der Waals surface area contributed by atoms with E-state index in [9.17, 15) is 0 Å². The molecule has 0 aromatic heterocycles. The molecule has 0 unspecified atom stereocenters. The van der Waals surface area contributed by atoms with Crippen LogP contribution < -0.4 is 4.74 Å². The van der Waals surface area contributed by atoms with E-state index in [1.807, 2.05) is 12.1 Å². The van der Waals surface area contributed by atoms with Crippen molar-refractivity contribution in [2.24, 2.45) is 0 Å². The lowest BCUT2D eigenvalue weighted by molar-refractivity contribution is 0.306. The molecule has 0 bridgehead atoms. The molecular weight excluding hydrogens is 224 g/mol. The minimum Gasteiger partial charge on any atom is -0.489 e. The van der Waals surface area contributed by atoms with Crippen LogP contribution in [0.15, 0.2) is 48.5 Å². The van der Waals surface area contributed by atoms with E-state index in [0.29, 0.717) is 23.5 Å². The van der Waals surface area contributed by atoms with Crippen LogP contribution in [0.1, 0.15) is 16.7 Å². The summed E-state index contributed by atoms with van der Waals surface area (Å²) < 4.78 is 5.57. The Balaban J connectivity index is 2.07. The zero-order valence-electron chi connectivity index (χ0n) is 9.63. The van der Waals surface area contributed by atoms with E-state index >= 15 is 0 Å². The van der Waals surface area contributed by atoms with E-state index in [2.05, 4.69) is 12.1 Å². The van der Waals surface area contributed by atoms with Crippen molar-refractivity contribution in [2.75, 3.05) is 0 Å². The Morgan fingerprint density at radius 1 is 0.889 bits per heavy atom. The molecule has 0 aliphatic carbocycles. The fourth-order valence-electron chi connectivity index (χ4n) is 1.55. The van der Waals surface area contributed by atoms with E-state index in [1.165, 1.54) is 0 Å². The normalized spacial score (nSPS) is 9.22. The zero-order chi connectivity index (χ0) is 12.8. The van der Waals surface area contributed by atoms with E-state index < -0.39 is 0 Å². The Kier molecular flexibility index (Phi) is 3.59. The summed E-state index contributed by atoms with van der Waals surface area (Å²) in [5.74, 6) is 0.649. The molecule has 18 heavy (non-hydrogen) atoms. The number of nitriles is 2. The van der Waals surface area contributed by atoms with Gasteiger partial charge in [0.1, 0.15) is 12.4 Å². The summed E-state index contributed by atoms with van der Waals surface area (Å²) in [6, 6.07) is 18.4. The third kappa shape index (κ3) is 2.87. The quantitative estimate of drug-likeness (QED) is 0.820. The monoisotopic (exact) mass is 234 g/mol. The largest absolute Gasteiger partial charge is 0.489 e. The molecule has 0 N–H and O–H groups in total. The molecule has 0 fully saturated rings. The average Bonchev–Trinajstić information content (AvgIpc) is 2.45. The molecule has 2 aromatic rings. The predicted molar refractivity (Wildman–Crippen MR) is 66.6 cm³/mol. The minimum atomic E-state index is 0.379. The third-order valence-electron chi connectivity index (χ3n) is 2.42. The minimum absolute atomic E-state index is 0.379. The summed E-state index contributed by atoms with van der Waals surface area (Å²) in [5, 5.41) is 17.6. The predicted octanol–water partition coefficient (Wildman–Crippen LogP) is 3.01. The first-order valence-corrected chi connectivity index (χ1v) is 5.44. The van der Waals surface area contributed by atoms with Gasteiger partial charge in [0.15, 0.2) is 0 Å². The van der Waals surface area contributed by atoms with Crippen LogP contribution in [0.2, 0.25) is 0 Å². The highest BCUT2D eigenvalue weighted by Crippen LogP contribution is 2.15. The summed E-state index contributed by atoms with van der Waals surface area (Å²) in [4.78, 5) is 0. The Morgan fingerprint density at radius 3 is 2.28 bits per heavy atom. The first-order valence-electron chi connectivity index (χ1n) is 5.44. The molecule has 2 aromatic carbocycles. The number of ether oxygens (including phenoxy) is 1. The Hall–Kier alpha value is -2.78. The Labute approximate surface area is 105 Å². The summed E-state index contributed by atoms with van der Waals surface area (Å²) in [7, 11) is 0. The molecule has 0 atom stereocenters. The molecule has 0 amide bonds. The second-order valence-electron chi connectivity index (χ2n) is 3.74. The van der Waals surface area contributed by atoms with Crippen LogP contribution in [0.4, 0.5) is 0 Å². The number of nitrogens with zero attached hydrogens (tertiary/aromatic N) is 2. The van der Waals surface area contributed by atoms with Gasteiger partial charge in [0.05, 0.1) is 23.3 Å². The standard InChI is InChI=1S/C15H10N2O/c16-9-12-3-1-5-14(7-12)11-18-15-6-2-4-13(8-15)10-17/h1-8H,11H2. The number of hydrogen-bond donors (Lipinski definition) is 0. The van der Waals surface area contributed by atoms with Crippen LogP contribution in [0, 0.1) is 22.7 Å². The molecule has 0 saturated carbocycles. The maximum absolute atomic E-state index is 8.79. The van der Waals surface area contributed by atoms with E-state index in [4.69, 9.17) is 15.3 Å². The van der Waals surface area contributed by atoms with Gasteiger partial charge < -0.3 is 4.74 Å². The van der Waals surface area contributed by atoms with E-state index in [-0.39, 0.29) is 0 Å². The zero-order valence-corrected chi connectivity index (χ0v) is 9.63. The molecule has 0 saturated heterocycles. The molecule has 3 nitrogen and oxygen atoms in total. The van der Waals surface area contributed by atoms with Crippen molar-refractivity contribution in [1.29, 1.82) is 10.5 Å². The third-order valence-corrected chi connectivity index (χ3v) is 2.42. The van der Waals surface area contributed by atoms with Gasteiger partial charge in [-0.1, -0.05) is 18.2 Å². The summed E-state index contributed by atoms with van der Waals surface area (Å²) >= 11 is 0. The molecule has 0 spiro atoms. The first-order chi connectivity index (χ1) is 8.81. The molecule has 2 rings (SSSR count). The Morgan fingerprint density at radius 2 is 1.56 bits per heavy atom. The molecule has 0 heterocycles. The van der Waals surface area contributed by atoms with Crippen LogP contribution >= 0.6 is 0 Å². The van der Waals surface area contributed by atoms with Crippen molar-refractivity contribution in [3.8, 4) is 17.9 Å². The van der Waals surface area contributed by atoms with Gasteiger partial charge in [-0.15, -0.1) is 0 Å². The Bertz CT molecular complexity index is 578. The van der Waals surface area contributed by atoms with Crippen LogP contribution in [-0.2, 0) is 6.61 Å². The van der Waals surface area contributed by atoms with Crippen LogP contribution in [0.3, 0.4) is 0 Å². The number of hydrogen-bond acceptors (Lipinski definition) is 3. The van der Waals surface area contributed by atoms with Gasteiger partial charge in [-0.3, -0.25) is 0 Å². The van der Waals surface area contributed by atoms with Crippen LogP contribution in [-0.4, -0.2) is 0 Å². The van der Waals surface area contributed by atoms with Crippen molar-refractivity contribution < 1.29 is 4.74 Å². The van der Waals surface area contributed by atoms with Crippen molar-refractivity contribution in [3.63, 3.8) is 0 Å². The second kappa shape index (κ2) is 5.52. The molecule has 3 heteroatoms. The number of benzene rings is 2. The van der Waals surface area contributed by atoms with Gasteiger partial charge in [0, 0.05) is 0 Å². The van der Waals surface area contributed by atoms with Gasteiger partial charge in [-0.05, 0) is 35.9 Å². The van der Waals surface area contributed by atoms with Gasteiger partial charge >= 0.3 is 0 Å². The SMILES string of the molecule is N#Cc1cccc(COc2cccc(C#N)c2)c1. The van der Waals surface area contributed by atoms with E-state index in [1.54, 1.807) is 36.4 Å². The van der Waals surface area contributed by atoms with Gasteiger partial charge in [0.2, 0.25) is 0 Å². The summed E-state index contributed by atoms with van der Waals surface area (Å²) in [6.45, 7) is 0.379. The molecule has 86 valence electrons. The maximum Gasteiger partial charge on any atom is 0.121 e. The average molecular weight is 234 g/mol.